The van der Waals surface area contributed by atoms with Crippen LogP contribution >= 0.6 is 0 Å². The maximum absolute atomic E-state index is 14.0. The number of carbonyl (C=O) groups is 2. The Bertz CT molecular complexity index is 379. The smallest absolute Gasteiger partial charge is 0.343 e. The zero-order valence-electron chi connectivity index (χ0n) is 11.5. The van der Waals surface area contributed by atoms with Gasteiger partial charge in [0, 0.05) is 18.4 Å². The average molecular weight is 271 g/mol. The second-order valence-electron chi connectivity index (χ2n) is 5.94. The number of hydrogen-bond donors (Lipinski definition) is 1. The Labute approximate surface area is 113 Å². The van der Waals surface area contributed by atoms with E-state index in [0.717, 1.165) is 38.5 Å². The minimum absolute atomic E-state index is 0.0320. The Hall–Kier alpha value is -1.13. The molecule has 1 unspecified atom stereocenters. The Balaban J connectivity index is 2.10. The molecule has 0 aromatic heterocycles. The number of carboxylic acid groups (broad SMARTS) is 1. The lowest BCUT2D eigenvalue weighted by atomic mass is 9.71. The van der Waals surface area contributed by atoms with E-state index in [9.17, 15) is 14.0 Å². The predicted molar refractivity (Wildman–Crippen MR) is 68.5 cm³/mol. The van der Waals surface area contributed by atoms with Crippen LogP contribution in [0.3, 0.4) is 0 Å². The van der Waals surface area contributed by atoms with E-state index >= 15 is 0 Å². The number of likely N-dealkylation sites (tertiary alicyclic amines) is 1. The largest absolute Gasteiger partial charge is 0.479 e. The highest BCUT2D eigenvalue weighted by atomic mass is 19.1. The van der Waals surface area contributed by atoms with Crippen molar-refractivity contribution in [2.24, 2.45) is 5.41 Å². The number of alkyl halides is 1. The number of amides is 1. The molecule has 1 saturated heterocycles. The van der Waals surface area contributed by atoms with Crippen molar-refractivity contribution in [1.82, 2.24) is 4.90 Å². The van der Waals surface area contributed by atoms with E-state index in [2.05, 4.69) is 0 Å². The maximum Gasteiger partial charge on any atom is 0.343 e. The number of hydrogen-bond acceptors (Lipinski definition) is 2. The zero-order chi connectivity index (χ0) is 14.1. The van der Waals surface area contributed by atoms with Crippen LogP contribution in [-0.2, 0) is 9.59 Å². The molecular formula is C14H22FNO3. The molecule has 1 atom stereocenters. The molecule has 1 heterocycles. The third-order valence-electron chi connectivity index (χ3n) is 4.83. The highest BCUT2D eigenvalue weighted by Gasteiger charge is 2.50. The van der Waals surface area contributed by atoms with Crippen LogP contribution in [0.5, 0.6) is 0 Å². The first-order valence-corrected chi connectivity index (χ1v) is 7.15. The predicted octanol–water partition coefficient (Wildman–Crippen LogP) is 2.37. The van der Waals surface area contributed by atoms with Crippen molar-refractivity contribution in [3.05, 3.63) is 0 Å². The molecule has 0 bridgehead atoms. The summed E-state index contributed by atoms with van der Waals surface area (Å²) < 4.78 is 14.0. The van der Waals surface area contributed by atoms with Gasteiger partial charge in [-0.25, -0.2) is 9.18 Å². The second kappa shape index (κ2) is 5.10. The molecule has 19 heavy (non-hydrogen) atoms. The summed E-state index contributed by atoms with van der Waals surface area (Å²) in [6, 6.07) is 0. The molecule has 1 aliphatic heterocycles. The molecule has 1 saturated carbocycles. The van der Waals surface area contributed by atoms with Crippen LogP contribution in [0.25, 0.3) is 0 Å². The monoisotopic (exact) mass is 271 g/mol. The number of halogens is 1. The van der Waals surface area contributed by atoms with Crippen LogP contribution < -0.4 is 0 Å². The lowest BCUT2D eigenvalue weighted by Gasteiger charge is -2.38. The third-order valence-corrected chi connectivity index (χ3v) is 4.83. The molecule has 2 aliphatic rings. The van der Waals surface area contributed by atoms with Crippen molar-refractivity contribution in [3.63, 3.8) is 0 Å². The Morgan fingerprint density at radius 3 is 2.32 bits per heavy atom. The first kappa shape index (κ1) is 14.3. The van der Waals surface area contributed by atoms with Gasteiger partial charge in [-0.3, -0.25) is 4.79 Å². The molecule has 0 aromatic carbocycles. The van der Waals surface area contributed by atoms with Gasteiger partial charge < -0.3 is 10.0 Å². The lowest BCUT2D eigenvalue weighted by molar-refractivity contribution is -0.151. The molecule has 2 rings (SSSR count). The molecule has 108 valence electrons. The molecule has 0 spiro atoms. The number of rotatable bonds is 3. The Kier molecular flexibility index (Phi) is 3.83. The normalized spacial score (nSPS) is 30.3. The van der Waals surface area contributed by atoms with E-state index in [1.165, 1.54) is 4.90 Å². The Morgan fingerprint density at radius 1 is 1.21 bits per heavy atom. The van der Waals surface area contributed by atoms with Crippen molar-refractivity contribution in [3.8, 4) is 0 Å². The van der Waals surface area contributed by atoms with Gasteiger partial charge in [0.1, 0.15) is 0 Å². The number of carbonyl (C=O) groups excluding carboxylic acids is 1. The van der Waals surface area contributed by atoms with Crippen molar-refractivity contribution in [1.29, 1.82) is 0 Å². The quantitative estimate of drug-likeness (QED) is 0.857. The first-order chi connectivity index (χ1) is 8.93. The highest BCUT2D eigenvalue weighted by Crippen LogP contribution is 2.42. The molecule has 1 aliphatic carbocycles. The SMILES string of the molecule is CCC1(C(=O)N2CCC(F)(C(=O)O)C2)CCCCC1. The van der Waals surface area contributed by atoms with Crippen molar-refractivity contribution in [2.75, 3.05) is 13.1 Å². The topological polar surface area (TPSA) is 57.6 Å². The van der Waals surface area contributed by atoms with Gasteiger partial charge in [0.25, 0.3) is 0 Å². The zero-order valence-corrected chi connectivity index (χ0v) is 11.5. The maximum atomic E-state index is 14.0. The molecule has 1 N–H and O–H groups in total. The number of nitrogens with zero attached hydrogens (tertiary/aromatic N) is 1. The Morgan fingerprint density at radius 2 is 1.84 bits per heavy atom. The van der Waals surface area contributed by atoms with E-state index in [1.807, 2.05) is 6.92 Å². The van der Waals surface area contributed by atoms with E-state index in [4.69, 9.17) is 5.11 Å². The first-order valence-electron chi connectivity index (χ1n) is 7.15. The molecule has 1 amide bonds. The fourth-order valence-corrected chi connectivity index (χ4v) is 3.40. The highest BCUT2D eigenvalue weighted by molar-refractivity contribution is 5.85. The van der Waals surface area contributed by atoms with Gasteiger partial charge in [-0.1, -0.05) is 26.2 Å². The fourth-order valence-electron chi connectivity index (χ4n) is 3.40. The van der Waals surface area contributed by atoms with Crippen LogP contribution in [0.2, 0.25) is 0 Å². The minimum Gasteiger partial charge on any atom is -0.479 e. The van der Waals surface area contributed by atoms with Crippen LogP contribution in [0.1, 0.15) is 51.9 Å². The molecule has 5 heteroatoms. The minimum atomic E-state index is -2.25. The molecule has 4 nitrogen and oxygen atoms in total. The summed E-state index contributed by atoms with van der Waals surface area (Å²) in [7, 11) is 0. The average Bonchev–Trinajstić information content (AvgIpc) is 2.83. The van der Waals surface area contributed by atoms with Gasteiger partial charge in [0.2, 0.25) is 11.6 Å². The van der Waals surface area contributed by atoms with Gasteiger partial charge in [-0.15, -0.1) is 0 Å². The second-order valence-corrected chi connectivity index (χ2v) is 5.94. The summed E-state index contributed by atoms with van der Waals surface area (Å²) in [4.78, 5) is 25.0. The molecule has 0 aromatic rings. The van der Waals surface area contributed by atoms with E-state index in [0.29, 0.717) is 0 Å². The van der Waals surface area contributed by atoms with Gasteiger partial charge >= 0.3 is 5.97 Å². The fraction of sp³-hybridized carbons (Fsp3) is 0.857. The summed E-state index contributed by atoms with van der Waals surface area (Å²) in [5.41, 5.74) is -2.62. The van der Waals surface area contributed by atoms with E-state index < -0.39 is 11.6 Å². The van der Waals surface area contributed by atoms with Crippen molar-refractivity contribution in [2.45, 2.75) is 57.5 Å². The number of aliphatic carboxylic acids is 1. The summed E-state index contributed by atoms with van der Waals surface area (Å²) >= 11 is 0. The van der Waals surface area contributed by atoms with Crippen LogP contribution in [0.15, 0.2) is 0 Å². The van der Waals surface area contributed by atoms with Gasteiger partial charge in [0.15, 0.2) is 0 Å². The van der Waals surface area contributed by atoms with Gasteiger partial charge in [-0.05, 0) is 19.3 Å². The third kappa shape index (κ3) is 2.47. The van der Waals surface area contributed by atoms with Crippen LogP contribution in [-0.4, -0.2) is 40.6 Å². The summed E-state index contributed by atoms with van der Waals surface area (Å²) in [5.74, 6) is -1.48. The van der Waals surface area contributed by atoms with Gasteiger partial charge in [0.05, 0.1) is 6.54 Å². The molecule has 2 fully saturated rings. The summed E-state index contributed by atoms with van der Waals surface area (Å²) in [6.07, 6.45) is 5.59. The molecular weight excluding hydrogens is 249 g/mol. The standard InChI is InChI=1S/C14H22FNO3/c1-2-13(6-4-3-5-7-13)11(17)16-9-8-14(15,10-16)12(18)19/h2-10H2,1H3,(H,18,19). The lowest BCUT2D eigenvalue weighted by Crippen LogP contribution is -2.46. The van der Waals surface area contributed by atoms with Crippen LogP contribution in [0, 0.1) is 5.41 Å². The molecule has 0 radical (unpaired) electrons. The van der Waals surface area contributed by atoms with Crippen molar-refractivity contribution < 1.29 is 19.1 Å². The van der Waals surface area contributed by atoms with E-state index in [-0.39, 0.29) is 30.8 Å². The summed E-state index contributed by atoms with van der Waals surface area (Å²) in [5, 5.41) is 8.89. The number of carboxylic acids is 1. The van der Waals surface area contributed by atoms with Crippen LogP contribution in [0.4, 0.5) is 4.39 Å². The summed E-state index contributed by atoms with van der Waals surface area (Å²) in [6.45, 7) is 1.94. The van der Waals surface area contributed by atoms with Crippen molar-refractivity contribution >= 4 is 11.9 Å². The van der Waals surface area contributed by atoms with E-state index in [1.54, 1.807) is 0 Å². The van der Waals surface area contributed by atoms with Gasteiger partial charge in [-0.2, -0.15) is 0 Å².